The topological polar surface area (TPSA) is 232 Å². The third-order valence-electron chi connectivity index (χ3n) is 10.9. The van der Waals surface area contributed by atoms with E-state index in [0.29, 0.717) is 67.7 Å². The van der Waals surface area contributed by atoms with Crippen molar-refractivity contribution in [3.8, 4) is 22.5 Å². The van der Waals surface area contributed by atoms with Crippen LogP contribution in [-0.4, -0.2) is 116 Å². The number of hydrogen-bond donors (Lipinski definition) is 7. The number of aliphatic carboxylic acids is 1. The summed E-state index contributed by atoms with van der Waals surface area (Å²) in [5.41, 5.74) is 5.15. The van der Waals surface area contributed by atoms with Crippen molar-refractivity contribution in [1.29, 1.82) is 0 Å². The summed E-state index contributed by atoms with van der Waals surface area (Å²) in [5.74, 6) is -3.39. The standard InChI is InChI=1S/C40H46F3N9O5.C2HF3O2/c1-24-20-30(37(54)45-32-16-18-52(19-17-32)23-40(41,42)43)12-15-33(24)27-6-2-25(3-7-27)21-34(47-36(53)29-8-4-26(5-9-29)22-44-39(56)57)38(55)46-31-13-10-28(11-14-31)35-48-50-51-49-35;3-2(4,5)1(6)7/h2-3,6-7,10-15,20,26,29,32,34,44H,4-5,8-9,16-19,21-23H2,1H3,(H,45,54)(H,46,55)(H,47,53)(H,56,57)(H,48,49,50,51);(H,6,7)/t26-,29-,34-;/m0./s1. The Labute approximate surface area is 362 Å². The predicted octanol–water partition coefficient (Wildman–Crippen LogP) is 5.97. The molecule has 0 spiro atoms. The Morgan fingerprint density at radius 1 is 0.844 bits per heavy atom. The normalized spacial score (nSPS) is 17.5. The van der Waals surface area contributed by atoms with Crippen LogP contribution in [0, 0.1) is 18.8 Å². The zero-order valence-corrected chi connectivity index (χ0v) is 34.4. The quantitative estimate of drug-likeness (QED) is 0.0773. The van der Waals surface area contributed by atoms with E-state index in [1.54, 1.807) is 36.4 Å². The summed E-state index contributed by atoms with van der Waals surface area (Å²) >= 11 is 0. The largest absolute Gasteiger partial charge is 0.490 e. The number of aromatic amines is 1. The SMILES string of the molecule is Cc1cc(C(=O)NC2CCN(CC(F)(F)F)CC2)ccc1-c1ccc(C[C@H](NC(=O)[C@H]2CC[C@H](CNC(=O)O)CC2)C(=O)Nc2ccc(-c3nn[nH]n3)cc2)cc1.O=C(O)C(F)(F)F. The van der Waals surface area contributed by atoms with Crippen molar-refractivity contribution >= 4 is 35.5 Å². The molecule has 2 heterocycles. The number of piperidine rings is 1. The van der Waals surface area contributed by atoms with Crippen molar-refractivity contribution in [2.75, 3.05) is 31.5 Å². The van der Waals surface area contributed by atoms with E-state index in [9.17, 15) is 45.5 Å². The number of amides is 4. The first-order valence-electron chi connectivity index (χ1n) is 20.3. The van der Waals surface area contributed by atoms with Crippen molar-refractivity contribution in [1.82, 2.24) is 41.5 Å². The van der Waals surface area contributed by atoms with E-state index in [-0.39, 0.29) is 49.2 Å². The van der Waals surface area contributed by atoms with Gasteiger partial charge in [0, 0.05) is 54.8 Å². The molecule has 2 fully saturated rings. The number of carboxylic acids is 1. The molecule has 1 aliphatic carbocycles. The molecule has 22 heteroatoms. The third-order valence-corrected chi connectivity index (χ3v) is 10.9. The number of tetrazole rings is 1. The fourth-order valence-corrected chi connectivity index (χ4v) is 7.52. The number of carbonyl (C=O) groups is 5. The van der Waals surface area contributed by atoms with E-state index in [0.717, 1.165) is 22.3 Å². The lowest BCUT2D eigenvalue weighted by Crippen LogP contribution is -2.48. The Morgan fingerprint density at radius 3 is 2.02 bits per heavy atom. The van der Waals surface area contributed by atoms with Gasteiger partial charge in [0.15, 0.2) is 0 Å². The van der Waals surface area contributed by atoms with E-state index < -0.39 is 42.9 Å². The molecule has 6 rings (SSSR count). The molecule has 4 amide bonds. The fraction of sp³-hybridized carbons (Fsp3) is 0.429. The van der Waals surface area contributed by atoms with Gasteiger partial charge in [0.2, 0.25) is 17.6 Å². The van der Waals surface area contributed by atoms with Crippen molar-refractivity contribution in [2.24, 2.45) is 11.8 Å². The molecule has 16 nitrogen and oxygen atoms in total. The maximum absolute atomic E-state index is 13.8. The van der Waals surface area contributed by atoms with E-state index in [2.05, 4.69) is 41.9 Å². The number of benzene rings is 3. The van der Waals surface area contributed by atoms with Gasteiger partial charge in [-0.2, -0.15) is 31.6 Å². The van der Waals surface area contributed by atoms with Crippen LogP contribution in [0.3, 0.4) is 0 Å². The van der Waals surface area contributed by atoms with E-state index in [1.165, 1.54) is 4.90 Å². The van der Waals surface area contributed by atoms with Crippen LogP contribution in [0.2, 0.25) is 0 Å². The smallest absolute Gasteiger partial charge is 0.475 e. The lowest BCUT2D eigenvalue weighted by atomic mass is 9.81. The number of aryl methyl sites for hydroxylation is 1. The van der Waals surface area contributed by atoms with Gasteiger partial charge >= 0.3 is 24.4 Å². The van der Waals surface area contributed by atoms with Gasteiger partial charge < -0.3 is 31.5 Å². The molecular weight excluding hydrogens is 857 g/mol. The molecule has 7 N–H and O–H groups in total. The van der Waals surface area contributed by atoms with Crippen LogP contribution in [0.25, 0.3) is 22.5 Å². The molecule has 0 bridgehead atoms. The Balaban J connectivity index is 0.00000102. The lowest BCUT2D eigenvalue weighted by molar-refractivity contribution is -0.192. The predicted molar refractivity (Wildman–Crippen MR) is 219 cm³/mol. The summed E-state index contributed by atoms with van der Waals surface area (Å²) in [4.78, 5) is 61.5. The van der Waals surface area contributed by atoms with Gasteiger partial charge in [-0.05, 0) is 115 Å². The van der Waals surface area contributed by atoms with Crippen LogP contribution in [0.5, 0.6) is 0 Å². The van der Waals surface area contributed by atoms with Crippen molar-refractivity contribution in [2.45, 2.75) is 76.3 Å². The maximum Gasteiger partial charge on any atom is 0.490 e. The van der Waals surface area contributed by atoms with Crippen LogP contribution in [0.15, 0.2) is 66.7 Å². The Morgan fingerprint density at radius 2 is 1.47 bits per heavy atom. The second-order valence-corrected chi connectivity index (χ2v) is 15.6. The third kappa shape index (κ3) is 14.8. The number of alkyl halides is 6. The van der Waals surface area contributed by atoms with Crippen molar-refractivity contribution in [3.63, 3.8) is 0 Å². The molecule has 4 aromatic rings. The summed E-state index contributed by atoms with van der Waals surface area (Å²) in [6, 6.07) is 18.8. The number of hydrogen-bond acceptors (Lipinski definition) is 9. The average molecular weight is 904 g/mol. The Hall–Kier alpha value is -6.58. The molecule has 64 heavy (non-hydrogen) atoms. The van der Waals surface area contributed by atoms with Crippen molar-refractivity contribution < 1.29 is 60.5 Å². The number of H-pyrrole nitrogens is 1. The van der Waals surface area contributed by atoms with Crippen LogP contribution >= 0.6 is 0 Å². The number of aromatic nitrogens is 4. The number of nitrogens with zero attached hydrogens (tertiary/aromatic N) is 4. The molecule has 1 saturated heterocycles. The van der Waals surface area contributed by atoms with Crippen LogP contribution in [0.4, 0.5) is 36.8 Å². The van der Waals surface area contributed by atoms with Gasteiger partial charge in [-0.25, -0.2) is 9.59 Å². The minimum Gasteiger partial charge on any atom is -0.475 e. The molecule has 2 aliphatic rings. The van der Waals surface area contributed by atoms with Crippen LogP contribution in [0.1, 0.15) is 60.0 Å². The first kappa shape index (κ1) is 48.5. The second kappa shape index (κ2) is 21.7. The molecule has 0 unspecified atom stereocenters. The van der Waals surface area contributed by atoms with Crippen LogP contribution in [-0.2, 0) is 20.8 Å². The fourth-order valence-electron chi connectivity index (χ4n) is 7.52. The lowest BCUT2D eigenvalue weighted by Gasteiger charge is -2.32. The Bertz CT molecular complexity index is 2210. The molecular formula is C42H47F6N9O7. The first-order valence-corrected chi connectivity index (χ1v) is 20.3. The summed E-state index contributed by atoms with van der Waals surface area (Å²) in [7, 11) is 0. The highest BCUT2D eigenvalue weighted by Gasteiger charge is 2.38. The molecule has 344 valence electrons. The first-order chi connectivity index (χ1) is 30.2. The number of carbonyl (C=O) groups excluding carboxylic acids is 3. The number of carboxylic acid groups (broad SMARTS) is 2. The maximum atomic E-state index is 13.8. The van der Waals surface area contributed by atoms with Gasteiger partial charge in [-0.1, -0.05) is 30.3 Å². The van der Waals surface area contributed by atoms with Gasteiger partial charge in [0.1, 0.15) is 6.04 Å². The number of rotatable bonds is 13. The zero-order valence-electron chi connectivity index (χ0n) is 34.4. The number of halogens is 6. The monoisotopic (exact) mass is 903 g/mol. The van der Waals surface area contributed by atoms with Gasteiger partial charge in [-0.15, -0.1) is 10.2 Å². The molecule has 1 aromatic heterocycles. The highest BCUT2D eigenvalue weighted by atomic mass is 19.4. The minimum atomic E-state index is -5.08. The van der Waals surface area contributed by atoms with Gasteiger partial charge in [-0.3, -0.25) is 19.3 Å². The zero-order chi connectivity index (χ0) is 46.6. The summed E-state index contributed by atoms with van der Waals surface area (Å²) in [6.45, 7) is 1.83. The summed E-state index contributed by atoms with van der Waals surface area (Å²) < 4.78 is 70.0. The molecule has 1 atom stereocenters. The van der Waals surface area contributed by atoms with E-state index in [4.69, 9.17) is 15.0 Å². The van der Waals surface area contributed by atoms with Gasteiger partial charge in [0.25, 0.3) is 5.91 Å². The van der Waals surface area contributed by atoms with E-state index in [1.807, 2.05) is 37.3 Å². The Kier molecular flexibility index (Phi) is 16.4. The number of nitrogens with one attached hydrogen (secondary N) is 5. The highest BCUT2D eigenvalue weighted by molar-refractivity contribution is 5.98. The summed E-state index contributed by atoms with van der Waals surface area (Å²) in [6.07, 6.45) is -6.73. The van der Waals surface area contributed by atoms with Crippen molar-refractivity contribution in [3.05, 3.63) is 83.4 Å². The second-order valence-electron chi connectivity index (χ2n) is 15.6. The highest BCUT2D eigenvalue weighted by Crippen LogP contribution is 2.30. The van der Waals surface area contributed by atoms with E-state index >= 15 is 0 Å². The average Bonchev–Trinajstić information content (AvgIpc) is 3.79. The molecule has 0 radical (unpaired) electrons. The number of likely N-dealkylation sites (tertiary alicyclic amines) is 1. The van der Waals surface area contributed by atoms with Gasteiger partial charge in [0.05, 0.1) is 6.54 Å². The number of anilines is 1. The molecule has 3 aromatic carbocycles. The van der Waals surface area contributed by atoms with Crippen LogP contribution < -0.4 is 21.3 Å². The molecule has 1 saturated carbocycles. The minimum absolute atomic E-state index is 0.154. The summed E-state index contributed by atoms with van der Waals surface area (Å²) in [5, 5.41) is 41.3. The molecule has 1 aliphatic heterocycles.